The van der Waals surface area contributed by atoms with Gasteiger partial charge in [-0.2, -0.15) is 5.10 Å². The van der Waals surface area contributed by atoms with Crippen LogP contribution in [0.3, 0.4) is 0 Å². The van der Waals surface area contributed by atoms with Crippen molar-refractivity contribution in [3.8, 4) is 0 Å². The number of rotatable bonds is 2. The number of nitrogens with zero attached hydrogens (tertiary/aromatic N) is 2. The second-order valence-corrected chi connectivity index (χ2v) is 5.21. The van der Waals surface area contributed by atoms with Gasteiger partial charge in [0.25, 0.3) is 0 Å². The molecule has 3 aromatic heterocycles. The van der Waals surface area contributed by atoms with E-state index in [-0.39, 0.29) is 6.04 Å². The number of pyridine rings is 1. The largest absolute Gasteiger partial charge is 0.320 e. The summed E-state index contributed by atoms with van der Waals surface area (Å²) in [6.07, 6.45) is 3.79. The Labute approximate surface area is 104 Å². The number of aryl methyl sites for hydroxylation is 1. The normalized spacial score (nSPS) is 13.1. The first-order valence-electron chi connectivity index (χ1n) is 5.48. The van der Waals surface area contributed by atoms with E-state index in [1.165, 1.54) is 4.88 Å². The first-order valence-corrected chi connectivity index (χ1v) is 6.36. The topological polar surface area (TPSA) is 43.3 Å². The Kier molecular flexibility index (Phi) is 2.46. The molecule has 1 atom stereocenters. The summed E-state index contributed by atoms with van der Waals surface area (Å²) in [6.45, 7) is 2.09. The molecule has 0 saturated heterocycles. The molecule has 0 aliphatic heterocycles. The van der Waals surface area contributed by atoms with Crippen molar-refractivity contribution in [1.82, 2.24) is 9.61 Å². The van der Waals surface area contributed by atoms with Crippen LogP contribution in [0.2, 0.25) is 0 Å². The minimum Gasteiger partial charge on any atom is -0.320 e. The Morgan fingerprint density at radius 1 is 1.41 bits per heavy atom. The fourth-order valence-corrected chi connectivity index (χ4v) is 2.74. The van der Waals surface area contributed by atoms with Gasteiger partial charge in [0.05, 0.1) is 17.8 Å². The van der Waals surface area contributed by atoms with E-state index in [4.69, 9.17) is 5.73 Å². The van der Waals surface area contributed by atoms with E-state index in [1.807, 2.05) is 35.1 Å². The molecule has 0 amide bonds. The third-order valence-electron chi connectivity index (χ3n) is 2.90. The molecule has 3 rings (SSSR count). The number of hydrogen-bond acceptors (Lipinski definition) is 3. The van der Waals surface area contributed by atoms with Crippen molar-refractivity contribution in [1.29, 1.82) is 0 Å². The van der Waals surface area contributed by atoms with Crippen molar-refractivity contribution in [3.63, 3.8) is 0 Å². The molecule has 17 heavy (non-hydrogen) atoms. The molecule has 2 N–H and O–H groups in total. The smallest absolute Gasteiger partial charge is 0.0712 e. The SMILES string of the molecule is Cc1cc(C(N)c2cnn3ccccc23)cs1. The Morgan fingerprint density at radius 2 is 2.29 bits per heavy atom. The average Bonchev–Trinajstić information content (AvgIpc) is 2.94. The molecule has 3 aromatic rings. The van der Waals surface area contributed by atoms with E-state index in [1.54, 1.807) is 11.3 Å². The number of thiophene rings is 1. The van der Waals surface area contributed by atoms with Crippen molar-refractivity contribution >= 4 is 16.9 Å². The van der Waals surface area contributed by atoms with Gasteiger partial charge in [0.2, 0.25) is 0 Å². The minimum absolute atomic E-state index is 0.0974. The Hall–Kier alpha value is -1.65. The van der Waals surface area contributed by atoms with E-state index in [9.17, 15) is 0 Å². The summed E-state index contributed by atoms with van der Waals surface area (Å²) in [6, 6.07) is 8.05. The Bertz CT molecular complexity index is 653. The molecule has 0 aliphatic carbocycles. The van der Waals surface area contributed by atoms with Gasteiger partial charge in [-0.15, -0.1) is 11.3 Å². The van der Waals surface area contributed by atoms with Crippen molar-refractivity contribution in [2.75, 3.05) is 0 Å². The molecule has 0 saturated carbocycles. The molecule has 86 valence electrons. The molecule has 3 heterocycles. The predicted octanol–water partition coefficient (Wildman–Crippen LogP) is 2.75. The fourth-order valence-electron chi connectivity index (χ4n) is 2.00. The van der Waals surface area contributed by atoms with Crippen molar-refractivity contribution < 1.29 is 0 Å². The molecule has 1 unspecified atom stereocenters. The lowest BCUT2D eigenvalue weighted by Crippen LogP contribution is -2.10. The summed E-state index contributed by atoms with van der Waals surface area (Å²) >= 11 is 1.73. The lowest BCUT2D eigenvalue weighted by molar-refractivity contribution is 0.885. The van der Waals surface area contributed by atoms with Crippen LogP contribution < -0.4 is 5.73 Å². The van der Waals surface area contributed by atoms with E-state index in [2.05, 4.69) is 23.5 Å². The minimum atomic E-state index is -0.0974. The maximum Gasteiger partial charge on any atom is 0.0712 e. The molecule has 4 heteroatoms. The quantitative estimate of drug-likeness (QED) is 0.752. The van der Waals surface area contributed by atoms with Gasteiger partial charge < -0.3 is 5.73 Å². The van der Waals surface area contributed by atoms with Crippen LogP contribution in [0.15, 0.2) is 42.0 Å². The summed E-state index contributed by atoms with van der Waals surface area (Å²) in [5.74, 6) is 0. The number of nitrogens with two attached hydrogens (primary N) is 1. The molecule has 3 nitrogen and oxygen atoms in total. The second kappa shape index (κ2) is 3.98. The lowest BCUT2D eigenvalue weighted by atomic mass is 10.0. The van der Waals surface area contributed by atoms with Crippen LogP contribution >= 0.6 is 11.3 Å². The standard InChI is InChI=1S/C13H13N3S/c1-9-6-10(8-17-9)13(14)11-7-15-16-5-3-2-4-12(11)16/h2-8,13H,14H2,1H3. The summed E-state index contributed by atoms with van der Waals surface area (Å²) in [4.78, 5) is 1.28. The lowest BCUT2D eigenvalue weighted by Gasteiger charge is -2.07. The van der Waals surface area contributed by atoms with Crippen LogP contribution in [0.25, 0.3) is 5.52 Å². The summed E-state index contributed by atoms with van der Waals surface area (Å²) in [5.41, 5.74) is 9.60. The van der Waals surface area contributed by atoms with Crippen LogP contribution in [0.1, 0.15) is 22.0 Å². The maximum atomic E-state index is 6.29. The molecular formula is C13H13N3S. The molecule has 0 aromatic carbocycles. The van der Waals surface area contributed by atoms with E-state index < -0.39 is 0 Å². The van der Waals surface area contributed by atoms with Gasteiger partial charge in [-0.05, 0) is 36.1 Å². The second-order valence-electron chi connectivity index (χ2n) is 4.10. The Balaban J connectivity index is 2.09. The van der Waals surface area contributed by atoms with Crippen LogP contribution in [0.4, 0.5) is 0 Å². The van der Waals surface area contributed by atoms with Crippen LogP contribution in [-0.2, 0) is 0 Å². The summed E-state index contributed by atoms with van der Waals surface area (Å²) in [7, 11) is 0. The van der Waals surface area contributed by atoms with Gasteiger partial charge >= 0.3 is 0 Å². The third kappa shape index (κ3) is 1.75. The van der Waals surface area contributed by atoms with Crippen molar-refractivity contribution in [3.05, 3.63) is 58.0 Å². The zero-order chi connectivity index (χ0) is 11.8. The molecule has 0 aliphatic rings. The monoisotopic (exact) mass is 243 g/mol. The van der Waals surface area contributed by atoms with Gasteiger partial charge in [-0.25, -0.2) is 4.52 Å². The zero-order valence-electron chi connectivity index (χ0n) is 9.50. The highest BCUT2D eigenvalue weighted by Crippen LogP contribution is 2.26. The molecule has 0 spiro atoms. The highest BCUT2D eigenvalue weighted by molar-refractivity contribution is 7.10. The van der Waals surface area contributed by atoms with Crippen LogP contribution in [0, 0.1) is 6.92 Å². The Morgan fingerprint density at radius 3 is 3.06 bits per heavy atom. The number of hydrogen-bond donors (Lipinski definition) is 1. The number of fused-ring (bicyclic) bond motifs is 1. The molecule has 0 bridgehead atoms. The first kappa shape index (κ1) is 10.5. The van der Waals surface area contributed by atoms with Gasteiger partial charge in [0.1, 0.15) is 0 Å². The van der Waals surface area contributed by atoms with Crippen LogP contribution in [-0.4, -0.2) is 9.61 Å². The highest BCUT2D eigenvalue weighted by Gasteiger charge is 2.14. The summed E-state index contributed by atoms with van der Waals surface area (Å²) < 4.78 is 1.86. The van der Waals surface area contributed by atoms with E-state index >= 15 is 0 Å². The molecule has 0 radical (unpaired) electrons. The fraction of sp³-hybridized carbons (Fsp3) is 0.154. The maximum absolute atomic E-state index is 6.29. The van der Waals surface area contributed by atoms with Gasteiger partial charge in [-0.1, -0.05) is 6.07 Å². The van der Waals surface area contributed by atoms with Gasteiger partial charge in [0, 0.05) is 16.6 Å². The predicted molar refractivity (Wildman–Crippen MR) is 70.3 cm³/mol. The molecular weight excluding hydrogens is 230 g/mol. The first-order chi connectivity index (χ1) is 8.25. The van der Waals surface area contributed by atoms with E-state index in [0.717, 1.165) is 16.6 Å². The van der Waals surface area contributed by atoms with Crippen LogP contribution in [0.5, 0.6) is 0 Å². The van der Waals surface area contributed by atoms with Crippen molar-refractivity contribution in [2.45, 2.75) is 13.0 Å². The number of aromatic nitrogens is 2. The van der Waals surface area contributed by atoms with Gasteiger partial charge in [-0.3, -0.25) is 0 Å². The average molecular weight is 243 g/mol. The van der Waals surface area contributed by atoms with E-state index in [0.29, 0.717) is 0 Å². The highest BCUT2D eigenvalue weighted by atomic mass is 32.1. The molecule has 0 fully saturated rings. The van der Waals surface area contributed by atoms with Gasteiger partial charge in [0.15, 0.2) is 0 Å². The zero-order valence-corrected chi connectivity index (χ0v) is 10.3. The third-order valence-corrected chi connectivity index (χ3v) is 3.78. The van der Waals surface area contributed by atoms with Crippen molar-refractivity contribution in [2.24, 2.45) is 5.73 Å². The summed E-state index contributed by atoms with van der Waals surface area (Å²) in [5, 5.41) is 6.43.